The van der Waals surface area contributed by atoms with Gasteiger partial charge in [-0.2, -0.15) is 13.2 Å². The molecule has 3 aromatic rings. The minimum atomic E-state index is -4.52. The van der Waals surface area contributed by atoms with Crippen molar-refractivity contribution in [1.82, 2.24) is 4.98 Å². The highest BCUT2D eigenvalue weighted by atomic mass is 32.1. The monoisotopic (exact) mass is 501 g/mol. The van der Waals surface area contributed by atoms with Gasteiger partial charge in [0.15, 0.2) is 0 Å². The van der Waals surface area contributed by atoms with Crippen LogP contribution in [-0.2, 0) is 19.0 Å². The molecule has 0 aliphatic heterocycles. The Labute approximate surface area is 205 Å². The van der Waals surface area contributed by atoms with E-state index in [4.69, 9.17) is 0 Å². The molecule has 5 nitrogen and oxygen atoms in total. The van der Waals surface area contributed by atoms with Gasteiger partial charge in [0.25, 0.3) is 11.8 Å². The molecule has 0 fully saturated rings. The average Bonchev–Trinajstić information content (AvgIpc) is 3.15. The van der Waals surface area contributed by atoms with Crippen LogP contribution in [0.2, 0.25) is 0 Å². The lowest BCUT2D eigenvalue weighted by atomic mass is 9.72. The second-order valence-corrected chi connectivity index (χ2v) is 10.8. The van der Waals surface area contributed by atoms with Gasteiger partial charge in [-0.25, -0.2) is 0 Å². The first-order valence-electron chi connectivity index (χ1n) is 11.3. The van der Waals surface area contributed by atoms with Crippen molar-refractivity contribution in [3.8, 4) is 0 Å². The summed E-state index contributed by atoms with van der Waals surface area (Å²) < 4.78 is 39.4. The topological polar surface area (TPSA) is 71.1 Å². The van der Waals surface area contributed by atoms with Crippen molar-refractivity contribution in [2.24, 2.45) is 11.3 Å². The number of pyridine rings is 1. The van der Waals surface area contributed by atoms with Gasteiger partial charge < -0.3 is 10.6 Å². The number of carbonyl (C=O) groups excluding carboxylic acids is 2. The van der Waals surface area contributed by atoms with Crippen LogP contribution in [0.5, 0.6) is 0 Å². The second kappa shape index (κ2) is 9.45. The molecule has 0 spiro atoms. The lowest BCUT2D eigenvalue weighted by Gasteiger charge is -2.33. The highest BCUT2D eigenvalue weighted by Gasteiger charge is 2.35. The molecule has 1 atom stereocenters. The number of hydrogen-bond acceptors (Lipinski definition) is 4. The average molecular weight is 502 g/mol. The molecule has 9 heteroatoms. The first-order chi connectivity index (χ1) is 16.4. The first kappa shape index (κ1) is 24.9. The molecule has 1 aliphatic carbocycles. The number of benzene rings is 1. The van der Waals surface area contributed by atoms with E-state index in [1.165, 1.54) is 35.9 Å². The minimum absolute atomic E-state index is 0.0413. The lowest BCUT2D eigenvalue weighted by Crippen LogP contribution is -2.27. The van der Waals surface area contributed by atoms with Crippen molar-refractivity contribution in [3.05, 3.63) is 75.9 Å². The number of nitrogens with one attached hydrogen (secondary N) is 2. The molecule has 4 rings (SSSR count). The fourth-order valence-electron chi connectivity index (χ4n) is 4.30. The van der Waals surface area contributed by atoms with Crippen molar-refractivity contribution < 1.29 is 22.8 Å². The number of thiophene rings is 1. The molecule has 0 bridgehead atoms. The van der Waals surface area contributed by atoms with E-state index >= 15 is 0 Å². The summed E-state index contributed by atoms with van der Waals surface area (Å²) in [6, 6.07) is 7.66. The number of rotatable bonds is 4. The smallest absolute Gasteiger partial charge is 0.322 e. The van der Waals surface area contributed by atoms with Gasteiger partial charge in [0.1, 0.15) is 5.00 Å². The molecule has 0 saturated heterocycles. The summed E-state index contributed by atoms with van der Waals surface area (Å²) in [5, 5.41) is 5.86. The lowest BCUT2D eigenvalue weighted by molar-refractivity contribution is -0.137. The van der Waals surface area contributed by atoms with Gasteiger partial charge in [-0.05, 0) is 66.5 Å². The van der Waals surface area contributed by atoms with Crippen molar-refractivity contribution in [1.29, 1.82) is 0 Å². The number of halogens is 3. The van der Waals surface area contributed by atoms with Crippen LogP contribution in [0.15, 0.2) is 48.8 Å². The number of nitrogens with zero attached hydrogens (tertiary/aromatic N) is 1. The summed E-state index contributed by atoms with van der Waals surface area (Å²) in [5.41, 5.74) is 0.842. The quantitative estimate of drug-likeness (QED) is 0.412. The Bertz CT molecular complexity index is 1250. The maximum absolute atomic E-state index is 13.4. The van der Waals surface area contributed by atoms with E-state index in [-0.39, 0.29) is 17.0 Å². The normalized spacial score (nSPS) is 15.9. The van der Waals surface area contributed by atoms with Gasteiger partial charge in [-0.1, -0.05) is 26.8 Å². The van der Waals surface area contributed by atoms with Gasteiger partial charge in [-0.15, -0.1) is 11.3 Å². The van der Waals surface area contributed by atoms with Crippen LogP contribution in [0, 0.1) is 11.3 Å². The van der Waals surface area contributed by atoms with Crippen LogP contribution in [0.4, 0.5) is 23.9 Å². The molecule has 2 amide bonds. The second-order valence-electron chi connectivity index (χ2n) is 9.74. The molecule has 1 aliphatic rings. The molecule has 184 valence electrons. The summed E-state index contributed by atoms with van der Waals surface area (Å²) >= 11 is 1.36. The molecule has 2 N–H and O–H groups in total. The number of alkyl halides is 3. The van der Waals surface area contributed by atoms with Crippen LogP contribution in [0.3, 0.4) is 0 Å². The Morgan fingerprint density at radius 2 is 1.74 bits per heavy atom. The predicted molar refractivity (Wildman–Crippen MR) is 131 cm³/mol. The molecule has 35 heavy (non-hydrogen) atoms. The van der Waals surface area contributed by atoms with Crippen LogP contribution in [-0.4, -0.2) is 16.8 Å². The van der Waals surface area contributed by atoms with Crippen LogP contribution in [0.1, 0.15) is 63.9 Å². The predicted octanol–water partition coefficient (Wildman–Crippen LogP) is 6.82. The Kier molecular flexibility index (Phi) is 6.73. The van der Waals surface area contributed by atoms with Gasteiger partial charge in [-0.3, -0.25) is 14.6 Å². The maximum Gasteiger partial charge on any atom is 0.416 e. The van der Waals surface area contributed by atoms with Crippen molar-refractivity contribution in [3.63, 3.8) is 0 Å². The fourth-order valence-corrected chi connectivity index (χ4v) is 5.62. The summed E-state index contributed by atoms with van der Waals surface area (Å²) in [4.78, 5) is 31.2. The van der Waals surface area contributed by atoms with Crippen molar-refractivity contribution in [2.75, 3.05) is 10.6 Å². The highest BCUT2D eigenvalue weighted by Crippen LogP contribution is 2.44. The number of amides is 2. The molecule has 1 aromatic carbocycles. The van der Waals surface area contributed by atoms with Gasteiger partial charge in [0, 0.05) is 28.5 Å². The van der Waals surface area contributed by atoms with Crippen molar-refractivity contribution in [2.45, 2.75) is 46.2 Å². The summed E-state index contributed by atoms with van der Waals surface area (Å²) in [6.07, 6.45) is 0.804. The van der Waals surface area contributed by atoms with Crippen LogP contribution >= 0.6 is 11.3 Å². The minimum Gasteiger partial charge on any atom is -0.322 e. The van der Waals surface area contributed by atoms with Gasteiger partial charge in [0.2, 0.25) is 0 Å². The first-order valence-corrected chi connectivity index (χ1v) is 12.1. The van der Waals surface area contributed by atoms with E-state index in [2.05, 4.69) is 36.4 Å². The van der Waals surface area contributed by atoms with E-state index in [0.29, 0.717) is 28.5 Å². The fraction of sp³-hybridized carbons (Fsp3) is 0.346. The molecule has 1 unspecified atom stereocenters. The molecule has 0 saturated carbocycles. The summed E-state index contributed by atoms with van der Waals surface area (Å²) in [5.74, 6) is -0.510. The SMILES string of the molecule is CC(C)(C)C1CCc2c(sc(NC(=O)c3ccncc3)c2C(=O)Nc2cccc(C(F)(F)F)c2)C1. The number of hydrogen-bond donors (Lipinski definition) is 2. The molecule has 0 radical (unpaired) electrons. The molecular formula is C26H26F3N3O2S. The third-order valence-electron chi connectivity index (χ3n) is 6.33. The third-order valence-corrected chi connectivity index (χ3v) is 7.50. The Morgan fingerprint density at radius 1 is 1.03 bits per heavy atom. The van der Waals surface area contributed by atoms with Crippen LogP contribution in [0.25, 0.3) is 0 Å². The number of fused-ring (bicyclic) bond motifs is 1. The largest absolute Gasteiger partial charge is 0.416 e. The van der Waals surface area contributed by atoms with Gasteiger partial charge in [0.05, 0.1) is 11.1 Å². The summed E-state index contributed by atoms with van der Waals surface area (Å²) in [7, 11) is 0. The maximum atomic E-state index is 13.4. The number of aromatic nitrogens is 1. The Hall–Kier alpha value is -3.20. The standard InChI is InChI=1S/C26H26F3N3O2S/c1-25(2,3)16-7-8-19-20(14-16)35-24(32-22(33)15-9-11-30-12-10-15)21(19)23(34)31-18-6-4-5-17(13-18)26(27,28)29/h4-6,9-13,16H,7-8,14H2,1-3H3,(H,31,34)(H,32,33). The highest BCUT2D eigenvalue weighted by molar-refractivity contribution is 7.17. The van der Waals surface area contributed by atoms with Crippen LogP contribution < -0.4 is 10.6 Å². The number of carbonyl (C=O) groups is 2. The zero-order valence-electron chi connectivity index (χ0n) is 19.6. The van der Waals surface area contributed by atoms with Gasteiger partial charge >= 0.3 is 6.18 Å². The molecule has 2 aromatic heterocycles. The third kappa shape index (κ3) is 5.56. The van der Waals surface area contributed by atoms with E-state index in [0.717, 1.165) is 35.4 Å². The zero-order chi connectivity index (χ0) is 25.4. The van der Waals surface area contributed by atoms with E-state index in [9.17, 15) is 22.8 Å². The summed E-state index contributed by atoms with van der Waals surface area (Å²) in [6.45, 7) is 6.55. The van der Waals surface area contributed by atoms with E-state index in [1.807, 2.05) is 0 Å². The van der Waals surface area contributed by atoms with E-state index in [1.54, 1.807) is 12.1 Å². The molecular weight excluding hydrogens is 475 g/mol. The van der Waals surface area contributed by atoms with E-state index < -0.39 is 17.6 Å². The zero-order valence-corrected chi connectivity index (χ0v) is 20.4. The Morgan fingerprint density at radius 3 is 2.40 bits per heavy atom. The number of anilines is 2. The van der Waals surface area contributed by atoms with Crippen molar-refractivity contribution >= 4 is 33.8 Å². The molecule has 2 heterocycles. The Balaban J connectivity index is 1.68.